The van der Waals surface area contributed by atoms with Gasteiger partial charge in [0.25, 0.3) is 0 Å². The minimum absolute atomic E-state index is 0.213. The first kappa shape index (κ1) is 14.0. The number of carboxylic acids is 1. The molecular formula is C13H17N5O2. The molecule has 0 spiro atoms. The molecule has 2 heterocycles. The Morgan fingerprint density at radius 1 is 1.45 bits per heavy atom. The third kappa shape index (κ3) is 3.11. The molecule has 0 aromatic carbocycles. The predicted molar refractivity (Wildman–Crippen MR) is 73.9 cm³/mol. The third-order valence-electron chi connectivity index (χ3n) is 2.85. The van der Waals surface area contributed by atoms with Gasteiger partial charge in [0.1, 0.15) is 11.9 Å². The van der Waals surface area contributed by atoms with Crippen LogP contribution in [0.5, 0.6) is 0 Å². The lowest BCUT2D eigenvalue weighted by atomic mass is 10.1. The summed E-state index contributed by atoms with van der Waals surface area (Å²) in [5.41, 5.74) is 2.09. The monoisotopic (exact) mass is 275 g/mol. The molecule has 106 valence electrons. The molecule has 0 aliphatic carbocycles. The molecule has 0 saturated carbocycles. The number of nitrogens with one attached hydrogen (secondary N) is 1. The molecule has 7 nitrogen and oxygen atoms in total. The molecule has 2 aromatic heterocycles. The molecule has 0 amide bonds. The van der Waals surface area contributed by atoms with Crippen LogP contribution < -0.4 is 5.32 Å². The number of rotatable bonds is 5. The average Bonchev–Trinajstić information content (AvgIpc) is 2.73. The molecule has 0 aliphatic heterocycles. The largest absolute Gasteiger partial charge is 0.478 e. The van der Waals surface area contributed by atoms with Crippen molar-refractivity contribution in [2.24, 2.45) is 7.05 Å². The zero-order chi connectivity index (χ0) is 14.7. The van der Waals surface area contributed by atoms with Gasteiger partial charge in [-0.2, -0.15) is 5.10 Å². The van der Waals surface area contributed by atoms with Crippen LogP contribution in [0.15, 0.2) is 12.4 Å². The van der Waals surface area contributed by atoms with E-state index in [-0.39, 0.29) is 5.56 Å². The maximum Gasteiger partial charge on any atom is 0.339 e. The van der Waals surface area contributed by atoms with Gasteiger partial charge in [0.2, 0.25) is 0 Å². The first-order valence-electron chi connectivity index (χ1n) is 6.27. The zero-order valence-electron chi connectivity index (χ0n) is 11.7. The van der Waals surface area contributed by atoms with Crippen LogP contribution in [-0.2, 0) is 13.5 Å². The van der Waals surface area contributed by atoms with Crippen LogP contribution in [0.2, 0.25) is 0 Å². The summed E-state index contributed by atoms with van der Waals surface area (Å²) in [4.78, 5) is 19.6. The number of aryl methyl sites for hydroxylation is 3. The fourth-order valence-electron chi connectivity index (χ4n) is 2.05. The molecule has 2 N–H and O–H groups in total. The first-order chi connectivity index (χ1) is 9.47. The van der Waals surface area contributed by atoms with Crippen molar-refractivity contribution in [3.63, 3.8) is 0 Å². The van der Waals surface area contributed by atoms with Gasteiger partial charge in [-0.3, -0.25) is 9.67 Å². The molecule has 0 unspecified atom stereocenters. The smallest absolute Gasteiger partial charge is 0.339 e. The van der Waals surface area contributed by atoms with Crippen LogP contribution in [0.4, 0.5) is 5.69 Å². The normalized spacial score (nSPS) is 10.6. The molecule has 0 aliphatic rings. The highest BCUT2D eigenvalue weighted by Crippen LogP contribution is 2.19. The summed E-state index contributed by atoms with van der Waals surface area (Å²) in [6.07, 6.45) is 2.26. The van der Waals surface area contributed by atoms with E-state index in [4.69, 9.17) is 0 Å². The van der Waals surface area contributed by atoms with Gasteiger partial charge in [-0.25, -0.2) is 9.78 Å². The summed E-state index contributed by atoms with van der Waals surface area (Å²) in [5.74, 6) is -0.257. The molecule has 0 saturated heterocycles. The second-order valence-corrected chi connectivity index (χ2v) is 4.59. The maximum absolute atomic E-state index is 11.3. The predicted octanol–water partition coefficient (Wildman–Crippen LogP) is 1.18. The number of aromatic carboxylic acids is 1. The van der Waals surface area contributed by atoms with Crippen LogP contribution >= 0.6 is 0 Å². The van der Waals surface area contributed by atoms with Crippen molar-refractivity contribution in [1.29, 1.82) is 0 Å². The van der Waals surface area contributed by atoms with Gasteiger partial charge >= 0.3 is 5.97 Å². The highest BCUT2D eigenvalue weighted by atomic mass is 16.4. The Hall–Kier alpha value is -2.44. The number of carbonyl (C=O) groups is 1. The van der Waals surface area contributed by atoms with E-state index in [0.717, 1.165) is 11.5 Å². The van der Waals surface area contributed by atoms with E-state index in [1.165, 1.54) is 0 Å². The van der Waals surface area contributed by atoms with E-state index < -0.39 is 5.97 Å². The fraction of sp³-hybridized carbons (Fsp3) is 0.385. The molecule has 2 aromatic rings. The van der Waals surface area contributed by atoms with Crippen LogP contribution in [0, 0.1) is 13.8 Å². The summed E-state index contributed by atoms with van der Waals surface area (Å²) < 4.78 is 1.64. The van der Waals surface area contributed by atoms with E-state index in [1.54, 1.807) is 24.0 Å². The number of hydrogen-bond acceptors (Lipinski definition) is 5. The number of nitrogens with zero attached hydrogens (tertiary/aromatic N) is 4. The Labute approximate surface area is 116 Å². The zero-order valence-corrected chi connectivity index (χ0v) is 11.7. The quantitative estimate of drug-likeness (QED) is 0.851. The van der Waals surface area contributed by atoms with E-state index in [1.807, 2.05) is 14.0 Å². The van der Waals surface area contributed by atoms with Gasteiger partial charge < -0.3 is 10.4 Å². The van der Waals surface area contributed by atoms with E-state index >= 15 is 0 Å². The molecule has 0 atom stereocenters. The SMILES string of the molecule is Cc1cc(NCCc2ncn(C)n2)c(C(=O)O)c(C)n1. The van der Waals surface area contributed by atoms with Crippen molar-refractivity contribution >= 4 is 11.7 Å². The van der Waals surface area contributed by atoms with Crippen LogP contribution in [0.3, 0.4) is 0 Å². The van der Waals surface area contributed by atoms with Crippen molar-refractivity contribution in [3.8, 4) is 0 Å². The van der Waals surface area contributed by atoms with Crippen molar-refractivity contribution < 1.29 is 9.90 Å². The van der Waals surface area contributed by atoms with Gasteiger partial charge in [-0.05, 0) is 19.9 Å². The van der Waals surface area contributed by atoms with Crippen molar-refractivity contribution in [2.75, 3.05) is 11.9 Å². The number of carboxylic acid groups (broad SMARTS) is 1. The van der Waals surface area contributed by atoms with Crippen molar-refractivity contribution in [2.45, 2.75) is 20.3 Å². The highest BCUT2D eigenvalue weighted by Gasteiger charge is 2.15. The third-order valence-corrected chi connectivity index (χ3v) is 2.85. The van der Waals surface area contributed by atoms with E-state index in [0.29, 0.717) is 24.3 Å². The summed E-state index contributed by atoms with van der Waals surface area (Å²) in [5, 5.41) is 16.5. The summed E-state index contributed by atoms with van der Waals surface area (Å²) >= 11 is 0. The summed E-state index contributed by atoms with van der Waals surface area (Å²) in [6, 6.07) is 1.74. The van der Waals surface area contributed by atoms with E-state index in [2.05, 4.69) is 20.4 Å². The Balaban J connectivity index is 2.10. The van der Waals surface area contributed by atoms with Gasteiger partial charge in [-0.15, -0.1) is 0 Å². The molecule has 2 rings (SSSR count). The molecular weight excluding hydrogens is 258 g/mol. The van der Waals surface area contributed by atoms with Gasteiger partial charge in [0, 0.05) is 25.7 Å². The van der Waals surface area contributed by atoms with E-state index in [9.17, 15) is 9.90 Å². The molecule has 0 fully saturated rings. The fourth-order valence-corrected chi connectivity index (χ4v) is 2.05. The van der Waals surface area contributed by atoms with Crippen LogP contribution in [0.25, 0.3) is 0 Å². The molecule has 7 heteroatoms. The lowest BCUT2D eigenvalue weighted by Gasteiger charge is -2.11. The number of hydrogen-bond donors (Lipinski definition) is 2. The van der Waals surface area contributed by atoms with Crippen LogP contribution in [0.1, 0.15) is 27.6 Å². The molecule has 0 radical (unpaired) electrons. The van der Waals surface area contributed by atoms with Gasteiger partial charge in [0.05, 0.1) is 11.4 Å². The average molecular weight is 275 g/mol. The number of pyridine rings is 1. The topological polar surface area (TPSA) is 92.9 Å². The second kappa shape index (κ2) is 5.68. The Bertz CT molecular complexity index is 636. The second-order valence-electron chi connectivity index (χ2n) is 4.59. The van der Waals surface area contributed by atoms with Crippen molar-refractivity contribution in [3.05, 3.63) is 35.2 Å². The first-order valence-corrected chi connectivity index (χ1v) is 6.27. The number of aromatic nitrogens is 4. The molecule has 20 heavy (non-hydrogen) atoms. The summed E-state index contributed by atoms with van der Waals surface area (Å²) in [7, 11) is 1.81. The van der Waals surface area contributed by atoms with Crippen LogP contribution in [-0.4, -0.2) is 37.4 Å². The standard InChI is InChI=1S/C13H17N5O2/c1-8-6-10(12(13(19)20)9(2)16-8)14-5-4-11-15-7-18(3)17-11/h6-7H,4-5H2,1-3H3,(H,14,16)(H,19,20). The van der Waals surface area contributed by atoms with Gasteiger partial charge in [0.15, 0.2) is 5.82 Å². The Kier molecular flexibility index (Phi) is 3.97. The number of anilines is 1. The lowest BCUT2D eigenvalue weighted by Crippen LogP contribution is -2.13. The molecule has 0 bridgehead atoms. The highest BCUT2D eigenvalue weighted by molar-refractivity contribution is 5.95. The Morgan fingerprint density at radius 2 is 2.20 bits per heavy atom. The van der Waals surface area contributed by atoms with Gasteiger partial charge in [-0.1, -0.05) is 0 Å². The minimum Gasteiger partial charge on any atom is -0.478 e. The minimum atomic E-state index is -0.978. The Morgan fingerprint density at radius 3 is 2.80 bits per heavy atom. The summed E-state index contributed by atoms with van der Waals surface area (Å²) in [6.45, 7) is 4.10. The maximum atomic E-state index is 11.3. The van der Waals surface area contributed by atoms with Crippen molar-refractivity contribution in [1.82, 2.24) is 19.7 Å². The lowest BCUT2D eigenvalue weighted by molar-refractivity contribution is 0.0696.